The van der Waals surface area contributed by atoms with E-state index in [1.165, 1.54) is 6.92 Å². The van der Waals surface area contributed by atoms with Crippen LogP contribution in [0.4, 0.5) is 4.79 Å². The van der Waals surface area contributed by atoms with Gasteiger partial charge in [-0.25, -0.2) is 9.59 Å². The fourth-order valence-corrected chi connectivity index (χ4v) is 0.465. The van der Waals surface area contributed by atoms with Gasteiger partial charge in [0, 0.05) is 6.08 Å². The highest BCUT2D eigenvalue weighted by Gasteiger charge is 2.08. The molecule has 0 aliphatic carbocycles. The van der Waals surface area contributed by atoms with Gasteiger partial charge in [-0.05, 0) is 6.92 Å². The van der Waals surface area contributed by atoms with Crippen molar-refractivity contribution in [2.24, 2.45) is 0 Å². The first-order valence-electron chi connectivity index (χ1n) is 3.25. The van der Waals surface area contributed by atoms with Gasteiger partial charge in [0.2, 0.25) is 0 Å². The van der Waals surface area contributed by atoms with Crippen LogP contribution in [0.3, 0.4) is 0 Å². The molecular formula is C7H10O5. The molecule has 0 aliphatic heterocycles. The van der Waals surface area contributed by atoms with Gasteiger partial charge in [0.05, 0.1) is 0 Å². The van der Waals surface area contributed by atoms with Crippen molar-refractivity contribution in [1.29, 1.82) is 0 Å². The van der Waals surface area contributed by atoms with E-state index in [1.807, 2.05) is 0 Å². The Balaban J connectivity index is 3.56. The first-order valence-corrected chi connectivity index (χ1v) is 3.25. The van der Waals surface area contributed by atoms with E-state index < -0.39 is 18.2 Å². The minimum absolute atomic E-state index is 0.100. The quantitative estimate of drug-likeness (QED) is 0.504. The summed E-state index contributed by atoms with van der Waals surface area (Å²) >= 11 is 0. The van der Waals surface area contributed by atoms with E-state index in [4.69, 9.17) is 5.11 Å². The second-order valence-corrected chi connectivity index (χ2v) is 2.03. The molecule has 0 radical (unpaired) electrons. The number of carboxylic acid groups (broad SMARTS) is 1. The third-order valence-electron chi connectivity index (χ3n) is 0.929. The standard InChI is InChI=1S/C7H10O5/c1-3-6(8)11-4-5(2)12-7(9)10/h3,5H,1,4H2,2H3,(H,9,10). The Kier molecular flexibility index (Phi) is 4.52. The highest BCUT2D eigenvalue weighted by Crippen LogP contribution is 1.93. The van der Waals surface area contributed by atoms with Gasteiger partial charge in [0.25, 0.3) is 0 Å². The van der Waals surface area contributed by atoms with Crippen molar-refractivity contribution in [2.45, 2.75) is 13.0 Å². The second-order valence-electron chi connectivity index (χ2n) is 2.03. The molecule has 5 heteroatoms. The lowest BCUT2D eigenvalue weighted by Crippen LogP contribution is -2.20. The van der Waals surface area contributed by atoms with Gasteiger partial charge in [-0.15, -0.1) is 0 Å². The number of hydrogen-bond acceptors (Lipinski definition) is 4. The molecule has 12 heavy (non-hydrogen) atoms. The second kappa shape index (κ2) is 5.17. The van der Waals surface area contributed by atoms with Crippen LogP contribution in [0.1, 0.15) is 6.92 Å². The van der Waals surface area contributed by atoms with Crippen molar-refractivity contribution in [1.82, 2.24) is 0 Å². The van der Waals surface area contributed by atoms with Crippen LogP contribution < -0.4 is 0 Å². The van der Waals surface area contributed by atoms with Crippen LogP contribution in [-0.4, -0.2) is 29.9 Å². The molecular weight excluding hydrogens is 164 g/mol. The highest BCUT2D eigenvalue weighted by atomic mass is 16.7. The molecule has 0 amide bonds. The predicted octanol–water partition coefficient (Wildman–Crippen LogP) is 0.799. The Hall–Kier alpha value is -1.52. The van der Waals surface area contributed by atoms with Crippen LogP contribution in [0.5, 0.6) is 0 Å². The number of rotatable bonds is 4. The van der Waals surface area contributed by atoms with Gasteiger partial charge in [-0.2, -0.15) is 0 Å². The third kappa shape index (κ3) is 5.28. The van der Waals surface area contributed by atoms with Crippen molar-refractivity contribution in [3.05, 3.63) is 12.7 Å². The molecule has 0 rings (SSSR count). The molecule has 0 saturated heterocycles. The SMILES string of the molecule is C=CC(=O)OCC(C)OC(=O)O. The van der Waals surface area contributed by atoms with Crippen LogP contribution in [0.15, 0.2) is 12.7 Å². The van der Waals surface area contributed by atoms with E-state index in [0.717, 1.165) is 6.08 Å². The summed E-state index contributed by atoms with van der Waals surface area (Å²) in [6.07, 6.45) is -1.06. The largest absolute Gasteiger partial charge is 0.506 e. The molecule has 1 unspecified atom stereocenters. The molecule has 0 aliphatic rings. The van der Waals surface area contributed by atoms with Gasteiger partial charge < -0.3 is 14.6 Å². The van der Waals surface area contributed by atoms with Crippen LogP contribution in [0.25, 0.3) is 0 Å². The molecule has 0 saturated carbocycles. The van der Waals surface area contributed by atoms with Crippen LogP contribution in [-0.2, 0) is 14.3 Å². The Labute approximate surface area is 69.6 Å². The molecule has 1 N–H and O–H groups in total. The summed E-state index contributed by atoms with van der Waals surface area (Å²) in [5, 5.41) is 8.12. The molecule has 0 spiro atoms. The van der Waals surface area contributed by atoms with Crippen LogP contribution >= 0.6 is 0 Å². The van der Waals surface area contributed by atoms with Crippen molar-refractivity contribution < 1.29 is 24.2 Å². The van der Waals surface area contributed by atoms with Gasteiger partial charge in [0.1, 0.15) is 12.7 Å². The van der Waals surface area contributed by atoms with E-state index in [0.29, 0.717) is 0 Å². The summed E-state index contributed by atoms with van der Waals surface area (Å²) in [6, 6.07) is 0. The molecule has 0 aromatic heterocycles. The number of carbonyl (C=O) groups is 2. The fourth-order valence-electron chi connectivity index (χ4n) is 0.465. The topological polar surface area (TPSA) is 72.8 Å². The van der Waals surface area contributed by atoms with Crippen molar-refractivity contribution >= 4 is 12.1 Å². The Bertz CT molecular complexity index is 186. The molecule has 0 aromatic rings. The normalized spacial score (nSPS) is 11.4. The Morgan fingerprint density at radius 1 is 1.67 bits per heavy atom. The van der Waals surface area contributed by atoms with E-state index >= 15 is 0 Å². The van der Waals surface area contributed by atoms with Crippen LogP contribution in [0.2, 0.25) is 0 Å². The number of carbonyl (C=O) groups excluding carboxylic acids is 1. The number of hydrogen-bond donors (Lipinski definition) is 1. The maximum absolute atomic E-state index is 10.5. The maximum Gasteiger partial charge on any atom is 0.506 e. The lowest BCUT2D eigenvalue weighted by molar-refractivity contribution is -0.140. The monoisotopic (exact) mass is 174 g/mol. The molecule has 0 bridgehead atoms. The molecule has 0 fully saturated rings. The van der Waals surface area contributed by atoms with Crippen molar-refractivity contribution in [2.75, 3.05) is 6.61 Å². The summed E-state index contributed by atoms with van der Waals surface area (Å²) in [7, 11) is 0. The highest BCUT2D eigenvalue weighted by molar-refractivity contribution is 5.81. The number of ether oxygens (including phenoxy) is 2. The smallest absolute Gasteiger partial charge is 0.459 e. The average Bonchev–Trinajstić information content (AvgIpc) is 1.99. The zero-order valence-corrected chi connectivity index (χ0v) is 6.65. The summed E-state index contributed by atoms with van der Waals surface area (Å²) in [6.45, 7) is 4.54. The minimum atomic E-state index is -1.39. The molecule has 0 heterocycles. The third-order valence-corrected chi connectivity index (χ3v) is 0.929. The zero-order chi connectivity index (χ0) is 9.56. The summed E-state index contributed by atoms with van der Waals surface area (Å²) in [5.74, 6) is -0.601. The average molecular weight is 174 g/mol. The predicted molar refractivity (Wildman–Crippen MR) is 39.7 cm³/mol. The number of esters is 1. The zero-order valence-electron chi connectivity index (χ0n) is 6.65. The van der Waals surface area contributed by atoms with Crippen molar-refractivity contribution in [3.8, 4) is 0 Å². The molecule has 1 atom stereocenters. The van der Waals surface area contributed by atoms with E-state index in [9.17, 15) is 9.59 Å². The lowest BCUT2D eigenvalue weighted by Gasteiger charge is -2.09. The Morgan fingerprint density at radius 2 is 2.25 bits per heavy atom. The van der Waals surface area contributed by atoms with Gasteiger partial charge in [-0.3, -0.25) is 0 Å². The maximum atomic E-state index is 10.5. The summed E-state index contributed by atoms with van der Waals surface area (Å²) in [4.78, 5) is 20.4. The van der Waals surface area contributed by atoms with E-state index in [2.05, 4.69) is 16.1 Å². The molecule has 68 valence electrons. The van der Waals surface area contributed by atoms with Gasteiger partial charge in [0.15, 0.2) is 0 Å². The molecule has 5 nitrogen and oxygen atoms in total. The first-order chi connectivity index (χ1) is 5.56. The van der Waals surface area contributed by atoms with E-state index in [1.54, 1.807) is 0 Å². The van der Waals surface area contributed by atoms with Gasteiger partial charge in [-0.1, -0.05) is 6.58 Å². The molecule has 0 aromatic carbocycles. The van der Waals surface area contributed by atoms with Crippen LogP contribution in [0, 0.1) is 0 Å². The van der Waals surface area contributed by atoms with E-state index in [-0.39, 0.29) is 6.61 Å². The minimum Gasteiger partial charge on any atom is -0.459 e. The van der Waals surface area contributed by atoms with Crippen molar-refractivity contribution in [3.63, 3.8) is 0 Å². The first kappa shape index (κ1) is 10.5. The fraction of sp³-hybridized carbons (Fsp3) is 0.429. The lowest BCUT2D eigenvalue weighted by atomic mass is 10.4. The Morgan fingerprint density at radius 3 is 2.67 bits per heavy atom. The summed E-state index contributed by atoms with van der Waals surface area (Å²) < 4.78 is 8.76. The summed E-state index contributed by atoms with van der Waals surface area (Å²) in [5.41, 5.74) is 0. The van der Waals surface area contributed by atoms with Gasteiger partial charge >= 0.3 is 12.1 Å².